The molecule has 0 aliphatic rings. The topological polar surface area (TPSA) is 49.4 Å². The van der Waals surface area contributed by atoms with Crippen LogP contribution in [0.3, 0.4) is 0 Å². The van der Waals surface area contributed by atoms with E-state index in [1.54, 1.807) is 43.3 Å². The highest BCUT2D eigenvalue weighted by atomic mass is 35.5. The number of carbonyl (C=O) groups is 2. The molecule has 156 valence electrons. The van der Waals surface area contributed by atoms with Crippen LogP contribution in [0.25, 0.3) is 0 Å². The van der Waals surface area contributed by atoms with Crippen LogP contribution in [-0.4, -0.2) is 28.8 Å². The summed E-state index contributed by atoms with van der Waals surface area (Å²) in [6.07, 6.45) is 0.0708. The number of rotatable bonds is 7. The molecule has 0 aliphatic carbocycles. The minimum absolute atomic E-state index is 0.0453. The maximum atomic E-state index is 13.1. The molecule has 2 aromatic carbocycles. The molecule has 0 fully saturated rings. The summed E-state index contributed by atoms with van der Waals surface area (Å²) >= 11 is 24.3. The number of hydrogen-bond donors (Lipinski definition) is 1. The van der Waals surface area contributed by atoms with Gasteiger partial charge < -0.3 is 10.2 Å². The Bertz CT molecular complexity index is 902. The smallest absolute Gasteiger partial charge is 0.242 e. The Morgan fingerprint density at radius 1 is 0.931 bits per heavy atom. The quantitative estimate of drug-likeness (QED) is 0.551. The second-order valence-corrected chi connectivity index (χ2v) is 8.68. The number of nitrogens with one attached hydrogen (secondary N) is 1. The van der Waals surface area contributed by atoms with E-state index >= 15 is 0 Å². The molecule has 0 aliphatic heterocycles. The van der Waals surface area contributed by atoms with Gasteiger partial charge in [-0.1, -0.05) is 58.5 Å². The summed E-state index contributed by atoms with van der Waals surface area (Å²) in [5, 5.41) is 4.56. The van der Waals surface area contributed by atoms with Crippen LogP contribution in [0, 0.1) is 0 Å². The molecular formula is C21H22Cl4N2O2. The zero-order valence-corrected chi connectivity index (χ0v) is 19.3. The predicted molar refractivity (Wildman–Crippen MR) is 120 cm³/mol. The van der Waals surface area contributed by atoms with Crippen LogP contribution >= 0.6 is 46.4 Å². The van der Waals surface area contributed by atoms with Crippen LogP contribution < -0.4 is 5.32 Å². The van der Waals surface area contributed by atoms with Crippen LogP contribution in [0.2, 0.25) is 20.1 Å². The Balaban J connectivity index is 2.30. The fraction of sp³-hybridized carbons (Fsp3) is 0.333. The molecule has 0 unspecified atom stereocenters. The zero-order valence-electron chi connectivity index (χ0n) is 16.3. The summed E-state index contributed by atoms with van der Waals surface area (Å²) in [7, 11) is 0. The Kier molecular flexibility index (Phi) is 8.65. The molecule has 1 atom stereocenters. The SMILES string of the molecule is CC(C)NC(=O)[C@@H](C)N(Cc1ccc(Cl)cc1Cl)C(=O)Cc1ccc(Cl)c(Cl)c1. The van der Waals surface area contributed by atoms with Crippen molar-refractivity contribution >= 4 is 58.2 Å². The van der Waals surface area contributed by atoms with E-state index < -0.39 is 6.04 Å². The first-order chi connectivity index (χ1) is 13.6. The van der Waals surface area contributed by atoms with Gasteiger partial charge in [-0.05, 0) is 56.2 Å². The molecule has 8 heteroatoms. The van der Waals surface area contributed by atoms with Gasteiger partial charge in [-0.2, -0.15) is 0 Å². The van der Waals surface area contributed by atoms with Gasteiger partial charge in [-0.3, -0.25) is 9.59 Å². The van der Waals surface area contributed by atoms with Gasteiger partial charge in [0.1, 0.15) is 6.04 Å². The Morgan fingerprint density at radius 2 is 1.62 bits per heavy atom. The Morgan fingerprint density at radius 3 is 2.21 bits per heavy atom. The summed E-state index contributed by atoms with van der Waals surface area (Å²) in [5.41, 5.74) is 1.40. The molecule has 0 spiro atoms. The van der Waals surface area contributed by atoms with Crippen molar-refractivity contribution in [1.82, 2.24) is 10.2 Å². The van der Waals surface area contributed by atoms with Crippen LogP contribution in [0.15, 0.2) is 36.4 Å². The molecule has 0 saturated carbocycles. The zero-order chi connectivity index (χ0) is 21.7. The maximum Gasteiger partial charge on any atom is 0.242 e. The predicted octanol–water partition coefficient (Wildman–Crippen LogP) is 5.78. The van der Waals surface area contributed by atoms with E-state index in [0.717, 1.165) is 0 Å². The fourth-order valence-corrected chi connectivity index (χ4v) is 3.54. The molecule has 0 aromatic heterocycles. The van der Waals surface area contributed by atoms with E-state index in [9.17, 15) is 9.59 Å². The largest absolute Gasteiger partial charge is 0.352 e. The lowest BCUT2D eigenvalue weighted by molar-refractivity contribution is -0.140. The first-order valence-corrected chi connectivity index (χ1v) is 10.6. The molecule has 2 amide bonds. The van der Waals surface area contributed by atoms with Crippen molar-refractivity contribution in [3.63, 3.8) is 0 Å². The summed E-state index contributed by atoms with van der Waals surface area (Å²) in [4.78, 5) is 27.2. The lowest BCUT2D eigenvalue weighted by Crippen LogP contribution is -2.49. The van der Waals surface area contributed by atoms with Gasteiger partial charge >= 0.3 is 0 Å². The summed E-state index contributed by atoms with van der Waals surface area (Å²) < 4.78 is 0. The highest BCUT2D eigenvalue weighted by Gasteiger charge is 2.27. The van der Waals surface area contributed by atoms with E-state index in [4.69, 9.17) is 46.4 Å². The van der Waals surface area contributed by atoms with Crippen molar-refractivity contribution in [3.05, 3.63) is 67.6 Å². The average Bonchev–Trinajstić information content (AvgIpc) is 2.63. The van der Waals surface area contributed by atoms with Gasteiger partial charge in [0.2, 0.25) is 11.8 Å². The Hall–Kier alpha value is -1.46. The number of carbonyl (C=O) groups excluding carboxylic acids is 2. The van der Waals surface area contributed by atoms with Gasteiger partial charge in [0, 0.05) is 22.6 Å². The molecular weight excluding hydrogens is 454 g/mol. The molecule has 0 radical (unpaired) electrons. The van der Waals surface area contributed by atoms with Gasteiger partial charge in [0.25, 0.3) is 0 Å². The van der Waals surface area contributed by atoms with Gasteiger partial charge in [-0.15, -0.1) is 0 Å². The third-order valence-corrected chi connectivity index (χ3v) is 5.62. The van der Waals surface area contributed by atoms with E-state index in [2.05, 4.69) is 5.32 Å². The number of nitrogens with zero attached hydrogens (tertiary/aromatic N) is 1. The lowest BCUT2D eigenvalue weighted by atomic mass is 10.1. The van der Waals surface area contributed by atoms with Crippen molar-refractivity contribution in [3.8, 4) is 0 Å². The Labute approximate surface area is 191 Å². The molecule has 29 heavy (non-hydrogen) atoms. The van der Waals surface area contributed by atoms with E-state index in [1.165, 1.54) is 4.90 Å². The van der Waals surface area contributed by atoms with Crippen LogP contribution in [0.5, 0.6) is 0 Å². The summed E-state index contributed by atoms with van der Waals surface area (Å²) in [6.45, 7) is 5.59. The van der Waals surface area contributed by atoms with Gasteiger partial charge in [0.05, 0.1) is 16.5 Å². The standard InChI is InChI=1S/C21H22Cl4N2O2/c1-12(2)26-21(29)13(3)27(11-15-5-6-16(22)10-18(15)24)20(28)9-14-4-7-17(23)19(25)8-14/h4-8,10,12-13H,9,11H2,1-3H3,(H,26,29)/t13-/m1/s1. The first-order valence-electron chi connectivity index (χ1n) is 9.06. The number of halogens is 4. The second kappa shape index (κ2) is 10.5. The number of hydrogen-bond acceptors (Lipinski definition) is 2. The fourth-order valence-electron chi connectivity index (χ4n) is 2.75. The van der Waals surface area contributed by atoms with E-state index in [1.807, 2.05) is 13.8 Å². The second-order valence-electron chi connectivity index (χ2n) is 7.02. The summed E-state index contributed by atoms with van der Waals surface area (Å²) in [5.74, 6) is -0.478. The monoisotopic (exact) mass is 474 g/mol. The number of benzene rings is 2. The van der Waals surface area contributed by atoms with Crippen LogP contribution in [-0.2, 0) is 22.6 Å². The molecule has 0 heterocycles. The number of amides is 2. The molecule has 0 saturated heterocycles. The van der Waals surface area contributed by atoms with Gasteiger partial charge in [-0.25, -0.2) is 0 Å². The molecule has 0 bridgehead atoms. The van der Waals surface area contributed by atoms with Crippen molar-refractivity contribution < 1.29 is 9.59 Å². The average molecular weight is 476 g/mol. The van der Waals surface area contributed by atoms with Crippen molar-refractivity contribution in [2.24, 2.45) is 0 Å². The van der Waals surface area contributed by atoms with Crippen molar-refractivity contribution in [2.75, 3.05) is 0 Å². The summed E-state index contributed by atoms with van der Waals surface area (Å²) in [6, 6.07) is 9.34. The minimum atomic E-state index is -0.695. The van der Waals surface area contributed by atoms with Crippen LogP contribution in [0.1, 0.15) is 31.9 Å². The molecule has 1 N–H and O–H groups in total. The third kappa shape index (κ3) is 6.78. The highest BCUT2D eigenvalue weighted by molar-refractivity contribution is 6.42. The molecule has 2 aromatic rings. The molecule has 4 nitrogen and oxygen atoms in total. The van der Waals surface area contributed by atoms with Crippen molar-refractivity contribution in [2.45, 2.75) is 45.8 Å². The molecule has 2 rings (SSSR count). The van der Waals surface area contributed by atoms with Crippen molar-refractivity contribution in [1.29, 1.82) is 0 Å². The van der Waals surface area contributed by atoms with E-state index in [0.29, 0.717) is 31.2 Å². The van der Waals surface area contributed by atoms with E-state index in [-0.39, 0.29) is 30.8 Å². The minimum Gasteiger partial charge on any atom is -0.352 e. The third-order valence-electron chi connectivity index (χ3n) is 4.29. The highest BCUT2D eigenvalue weighted by Crippen LogP contribution is 2.25. The normalized spacial score (nSPS) is 12.0. The van der Waals surface area contributed by atoms with Gasteiger partial charge in [0.15, 0.2) is 0 Å². The van der Waals surface area contributed by atoms with Crippen LogP contribution in [0.4, 0.5) is 0 Å². The lowest BCUT2D eigenvalue weighted by Gasteiger charge is -2.30. The first kappa shape index (κ1) is 23.8. The maximum absolute atomic E-state index is 13.1.